The molecule has 0 bridgehead atoms. The van der Waals surface area contributed by atoms with Crippen molar-refractivity contribution in [3.05, 3.63) is 0 Å². The summed E-state index contributed by atoms with van der Waals surface area (Å²) in [4.78, 5) is 11.9. The number of ether oxygens (including phenoxy) is 1. The van der Waals surface area contributed by atoms with Crippen LogP contribution in [0.1, 0.15) is 72.6 Å². The highest BCUT2D eigenvalue weighted by Crippen LogP contribution is 2.36. The molecule has 4 heteroatoms. The van der Waals surface area contributed by atoms with E-state index in [9.17, 15) is 4.79 Å². The molecule has 0 heterocycles. The highest BCUT2D eigenvalue weighted by Gasteiger charge is 2.38. The van der Waals surface area contributed by atoms with Gasteiger partial charge >= 0.3 is 6.09 Å². The molecule has 2 saturated carbocycles. The molecular weight excluding hydrogens is 264 g/mol. The first-order valence-corrected chi connectivity index (χ1v) is 8.63. The molecule has 0 aliphatic heterocycles. The first-order valence-electron chi connectivity index (χ1n) is 8.63. The van der Waals surface area contributed by atoms with Gasteiger partial charge in [-0.25, -0.2) is 4.79 Å². The molecular formula is C17H32N2O2. The second kappa shape index (κ2) is 6.99. The molecule has 2 aliphatic carbocycles. The molecule has 1 amide bonds. The molecule has 122 valence electrons. The van der Waals surface area contributed by atoms with E-state index in [4.69, 9.17) is 4.74 Å². The van der Waals surface area contributed by atoms with Crippen LogP contribution in [-0.2, 0) is 4.74 Å². The Hall–Kier alpha value is -0.770. The Morgan fingerprint density at radius 1 is 1.19 bits per heavy atom. The van der Waals surface area contributed by atoms with Crippen LogP contribution in [0.2, 0.25) is 0 Å². The van der Waals surface area contributed by atoms with E-state index < -0.39 is 5.60 Å². The van der Waals surface area contributed by atoms with Crippen LogP contribution in [0.4, 0.5) is 4.79 Å². The van der Waals surface area contributed by atoms with Gasteiger partial charge in [0.05, 0.1) is 0 Å². The van der Waals surface area contributed by atoms with Crippen molar-refractivity contribution in [3.63, 3.8) is 0 Å². The summed E-state index contributed by atoms with van der Waals surface area (Å²) >= 11 is 0. The fourth-order valence-electron chi connectivity index (χ4n) is 3.39. The minimum atomic E-state index is -0.419. The van der Waals surface area contributed by atoms with E-state index >= 15 is 0 Å². The second-order valence-corrected chi connectivity index (χ2v) is 7.76. The molecule has 4 nitrogen and oxygen atoms in total. The van der Waals surface area contributed by atoms with E-state index in [2.05, 4.69) is 17.6 Å². The van der Waals surface area contributed by atoms with Crippen molar-refractivity contribution in [2.24, 2.45) is 5.92 Å². The number of carbonyl (C=O) groups excluding carboxylic acids is 1. The molecule has 2 fully saturated rings. The number of nitrogens with one attached hydrogen (secondary N) is 2. The Balaban J connectivity index is 1.70. The van der Waals surface area contributed by atoms with Crippen molar-refractivity contribution in [2.45, 2.75) is 96.4 Å². The summed E-state index contributed by atoms with van der Waals surface area (Å²) in [7, 11) is 0. The van der Waals surface area contributed by atoms with Crippen LogP contribution in [0.5, 0.6) is 0 Å². The molecule has 0 aromatic rings. The zero-order chi connectivity index (χ0) is 15.5. The van der Waals surface area contributed by atoms with E-state index in [1.54, 1.807) is 0 Å². The third-order valence-electron chi connectivity index (χ3n) is 4.43. The third kappa shape index (κ3) is 5.85. The summed E-state index contributed by atoms with van der Waals surface area (Å²) in [5.74, 6) is 0.897. The van der Waals surface area contributed by atoms with Crippen LogP contribution >= 0.6 is 0 Å². The van der Waals surface area contributed by atoms with Gasteiger partial charge in [-0.3, -0.25) is 0 Å². The van der Waals surface area contributed by atoms with Gasteiger partial charge in [0.2, 0.25) is 0 Å². The summed E-state index contributed by atoms with van der Waals surface area (Å²) in [6.45, 7) is 7.97. The standard InChI is InChI=1S/C17H32N2O2/c1-5-7-12-10-15(12)18-13-8-6-9-14(11-13)19-16(20)21-17(2,3)4/h12-15,18H,5-11H2,1-4H3,(H,19,20). The maximum Gasteiger partial charge on any atom is 0.407 e. The Morgan fingerprint density at radius 2 is 1.90 bits per heavy atom. The number of carbonyl (C=O) groups is 1. The van der Waals surface area contributed by atoms with E-state index in [0.717, 1.165) is 24.8 Å². The lowest BCUT2D eigenvalue weighted by Crippen LogP contribution is -2.46. The van der Waals surface area contributed by atoms with Gasteiger partial charge in [0, 0.05) is 18.1 Å². The summed E-state index contributed by atoms with van der Waals surface area (Å²) in [6.07, 6.45) is 8.23. The van der Waals surface area contributed by atoms with Gasteiger partial charge in [-0.2, -0.15) is 0 Å². The van der Waals surface area contributed by atoms with Crippen LogP contribution in [0.25, 0.3) is 0 Å². The molecule has 2 rings (SSSR count). The molecule has 21 heavy (non-hydrogen) atoms. The molecule has 0 radical (unpaired) electrons. The van der Waals surface area contributed by atoms with Crippen LogP contribution in [0, 0.1) is 5.92 Å². The maximum atomic E-state index is 11.9. The third-order valence-corrected chi connectivity index (χ3v) is 4.43. The van der Waals surface area contributed by atoms with Crippen LogP contribution < -0.4 is 10.6 Å². The largest absolute Gasteiger partial charge is 0.444 e. The SMILES string of the molecule is CCCC1CC1NC1CCCC(NC(=O)OC(C)(C)C)C1. The van der Waals surface area contributed by atoms with Crippen molar-refractivity contribution in [3.8, 4) is 0 Å². The minimum absolute atomic E-state index is 0.259. The molecule has 4 atom stereocenters. The highest BCUT2D eigenvalue weighted by molar-refractivity contribution is 5.68. The average molecular weight is 296 g/mol. The first-order chi connectivity index (χ1) is 9.87. The number of hydrogen-bond acceptors (Lipinski definition) is 3. The Morgan fingerprint density at radius 3 is 2.57 bits per heavy atom. The topological polar surface area (TPSA) is 50.4 Å². The van der Waals surface area contributed by atoms with Gasteiger partial charge < -0.3 is 15.4 Å². The summed E-state index contributed by atoms with van der Waals surface area (Å²) in [6, 6.07) is 1.55. The second-order valence-electron chi connectivity index (χ2n) is 7.76. The summed E-state index contributed by atoms with van der Waals surface area (Å²) < 4.78 is 5.35. The number of amides is 1. The van der Waals surface area contributed by atoms with Gasteiger partial charge in [-0.1, -0.05) is 13.3 Å². The molecule has 2 aliphatic rings. The molecule has 2 N–H and O–H groups in total. The van der Waals surface area contributed by atoms with E-state index in [-0.39, 0.29) is 12.1 Å². The lowest BCUT2D eigenvalue weighted by molar-refractivity contribution is 0.0488. The smallest absolute Gasteiger partial charge is 0.407 e. The quantitative estimate of drug-likeness (QED) is 0.815. The van der Waals surface area contributed by atoms with Crippen molar-refractivity contribution in [1.82, 2.24) is 10.6 Å². The van der Waals surface area contributed by atoms with Crippen LogP contribution in [0.15, 0.2) is 0 Å². The van der Waals surface area contributed by atoms with Gasteiger partial charge in [0.25, 0.3) is 0 Å². The van der Waals surface area contributed by atoms with Crippen molar-refractivity contribution < 1.29 is 9.53 Å². The molecule has 0 spiro atoms. The number of rotatable bonds is 5. The van der Waals surface area contributed by atoms with E-state index in [1.165, 1.54) is 32.1 Å². The van der Waals surface area contributed by atoms with Crippen LogP contribution in [-0.4, -0.2) is 29.8 Å². The summed E-state index contributed by atoms with van der Waals surface area (Å²) in [5, 5.41) is 6.82. The maximum absolute atomic E-state index is 11.9. The lowest BCUT2D eigenvalue weighted by atomic mass is 9.91. The molecule has 0 aromatic heterocycles. The van der Waals surface area contributed by atoms with Crippen LogP contribution in [0.3, 0.4) is 0 Å². The highest BCUT2D eigenvalue weighted by atomic mass is 16.6. The minimum Gasteiger partial charge on any atom is -0.444 e. The van der Waals surface area contributed by atoms with Crippen molar-refractivity contribution in [1.29, 1.82) is 0 Å². The average Bonchev–Trinajstić information content (AvgIpc) is 3.05. The van der Waals surface area contributed by atoms with Gasteiger partial charge in [0.15, 0.2) is 0 Å². The van der Waals surface area contributed by atoms with Crippen molar-refractivity contribution in [2.75, 3.05) is 0 Å². The summed E-state index contributed by atoms with van der Waals surface area (Å²) in [5.41, 5.74) is -0.419. The van der Waals surface area contributed by atoms with Gasteiger partial charge in [0.1, 0.15) is 5.60 Å². The monoisotopic (exact) mass is 296 g/mol. The van der Waals surface area contributed by atoms with Gasteiger partial charge in [-0.05, 0) is 65.2 Å². The number of alkyl carbamates (subject to hydrolysis) is 1. The Kier molecular flexibility index (Phi) is 5.53. The van der Waals surface area contributed by atoms with E-state index in [0.29, 0.717) is 6.04 Å². The molecule has 4 unspecified atom stereocenters. The zero-order valence-corrected chi connectivity index (χ0v) is 14.1. The lowest BCUT2D eigenvalue weighted by Gasteiger charge is -2.31. The fraction of sp³-hybridized carbons (Fsp3) is 0.941. The van der Waals surface area contributed by atoms with Gasteiger partial charge in [-0.15, -0.1) is 0 Å². The predicted octanol–water partition coefficient (Wildman–Crippen LogP) is 3.60. The Labute approximate surface area is 129 Å². The first kappa shape index (κ1) is 16.6. The fourth-order valence-corrected chi connectivity index (χ4v) is 3.39. The normalized spacial score (nSPS) is 32.6. The number of hydrogen-bond donors (Lipinski definition) is 2. The zero-order valence-electron chi connectivity index (χ0n) is 14.1. The van der Waals surface area contributed by atoms with Crippen molar-refractivity contribution >= 4 is 6.09 Å². The molecule has 0 saturated heterocycles. The Bertz CT molecular complexity index is 351. The predicted molar refractivity (Wildman–Crippen MR) is 85.4 cm³/mol. The molecule has 0 aromatic carbocycles. The van der Waals surface area contributed by atoms with E-state index in [1.807, 2.05) is 20.8 Å².